The van der Waals surface area contributed by atoms with Gasteiger partial charge in [0.05, 0.1) is 6.20 Å². The third kappa shape index (κ3) is 3.85. The van der Waals surface area contributed by atoms with E-state index in [9.17, 15) is 13.9 Å². The molecule has 0 aliphatic carbocycles. The van der Waals surface area contributed by atoms with Crippen LogP contribution in [0.5, 0.6) is 5.75 Å². The summed E-state index contributed by atoms with van der Waals surface area (Å²) < 4.78 is 28.7. The third-order valence-electron chi connectivity index (χ3n) is 4.82. The molecule has 3 aromatic rings. The average molecular weight is 371 g/mol. The first-order valence-electron chi connectivity index (χ1n) is 8.80. The van der Waals surface area contributed by atoms with Crippen molar-refractivity contribution in [1.82, 2.24) is 15.1 Å². The van der Waals surface area contributed by atoms with Gasteiger partial charge in [-0.3, -0.25) is 0 Å². The average Bonchev–Trinajstić information content (AvgIpc) is 2.99. The number of nitrogens with zero attached hydrogens (tertiary/aromatic N) is 2. The van der Waals surface area contributed by atoms with E-state index in [0.717, 1.165) is 34.0 Å². The Morgan fingerprint density at radius 2 is 1.78 bits per heavy atom. The number of hydrogen-bond acceptors (Lipinski definition) is 3. The molecular weight excluding hydrogens is 348 g/mol. The third-order valence-corrected chi connectivity index (χ3v) is 4.82. The smallest absolute Gasteiger partial charge is 0.151 e. The number of phenols is 1. The Labute approximate surface area is 157 Å². The van der Waals surface area contributed by atoms with Gasteiger partial charge in [-0.1, -0.05) is 12.1 Å². The lowest BCUT2D eigenvalue weighted by Gasteiger charge is -2.15. The van der Waals surface area contributed by atoms with Crippen LogP contribution in [0.1, 0.15) is 40.9 Å². The van der Waals surface area contributed by atoms with E-state index in [2.05, 4.69) is 10.4 Å². The summed E-state index contributed by atoms with van der Waals surface area (Å²) in [7, 11) is 0. The molecule has 0 fully saturated rings. The fourth-order valence-corrected chi connectivity index (χ4v) is 3.27. The van der Waals surface area contributed by atoms with Crippen molar-refractivity contribution in [2.75, 3.05) is 0 Å². The zero-order valence-electron chi connectivity index (χ0n) is 15.8. The molecule has 0 amide bonds. The quantitative estimate of drug-likeness (QED) is 0.687. The molecule has 0 aliphatic rings. The summed E-state index contributed by atoms with van der Waals surface area (Å²) in [6.07, 6.45) is 1.70. The number of halogens is 2. The number of aryl methyl sites for hydroxylation is 2. The van der Waals surface area contributed by atoms with Gasteiger partial charge in [0.15, 0.2) is 5.82 Å². The van der Waals surface area contributed by atoms with Crippen molar-refractivity contribution in [3.05, 3.63) is 76.1 Å². The van der Waals surface area contributed by atoms with E-state index in [-0.39, 0.29) is 11.7 Å². The summed E-state index contributed by atoms with van der Waals surface area (Å²) in [6.45, 7) is 8.24. The van der Waals surface area contributed by atoms with E-state index in [4.69, 9.17) is 0 Å². The largest absolute Gasteiger partial charge is 0.507 e. The van der Waals surface area contributed by atoms with Gasteiger partial charge in [-0.15, -0.1) is 0 Å². The molecule has 0 radical (unpaired) electrons. The van der Waals surface area contributed by atoms with Gasteiger partial charge >= 0.3 is 0 Å². The Balaban J connectivity index is 1.78. The lowest BCUT2D eigenvalue weighted by Crippen LogP contribution is -2.19. The van der Waals surface area contributed by atoms with E-state index >= 15 is 0 Å². The zero-order valence-corrected chi connectivity index (χ0v) is 15.8. The van der Waals surface area contributed by atoms with Gasteiger partial charge < -0.3 is 10.4 Å². The van der Waals surface area contributed by atoms with Crippen LogP contribution in [0.2, 0.25) is 0 Å². The predicted molar refractivity (Wildman–Crippen MR) is 101 cm³/mol. The maximum Gasteiger partial charge on any atom is 0.151 e. The summed E-state index contributed by atoms with van der Waals surface area (Å²) in [5.41, 5.74) is 4.71. The van der Waals surface area contributed by atoms with E-state index < -0.39 is 11.6 Å². The predicted octanol–water partition coefficient (Wildman–Crippen LogP) is 4.63. The van der Waals surface area contributed by atoms with Crippen LogP contribution < -0.4 is 5.32 Å². The van der Waals surface area contributed by atoms with Crippen LogP contribution in [0.25, 0.3) is 5.69 Å². The molecule has 3 rings (SSSR count). The summed E-state index contributed by atoms with van der Waals surface area (Å²) >= 11 is 0. The summed E-state index contributed by atoms with van der Waals surface area (Å²) in [4.78, 5) is 0. The molecule has 142 valence electrons. The number of hydrogen-bond donors (Lipinski definition) is 2. The van der Waals surface area contributed by atoms with Crippen molar-refractivity contribution in [1.29, 1.82) is 0 Å². The molecule has 1 atom stereocenters. The van der Waals surface area contributed by atoms with Crippen molar-refractivity contribution in [2.24, 2.45) is 0 Å². The molecule has 0 bridgehead atoms. The highest BCUT2D eigenvalue weighted by atomic mass is 19.1. The number of benzene rings is 2. The van der Waals surface area contributed by atoms with Crippen LogP contribution in [-0.4, -0.2) is 14.9 Å². The summed E-state index contributed by atoms with van der Waals surface area (Å²) in [5.74, 6) is -0.940. The highest BCUT2D eigenvalue weighted by Crippen LogP contribution is 2.25. The van der Waals surface area contributed by atoms with Gasteiger partial charge in [-0.25, -0.2) is 13.5 Å². The number of nitrogens with one attached hydrogen (secondary N) is 1. The van der Waals surface area contributed by atoms with Gasteiger partial charge in [0.2, 0.25) is 0 Å². The van der Waals surface area contributed by atoms with Crippen LogP contribution in [0.3, 0.4) is 0 Å². The van der Waals surface area contributed by atoms with Crippen molar-refractivity contribution in [3.63, 3.8) is 0 Å². The number of phenolic OH excluding ortho intramolecular Hbond substituents is 1. The molecule has 1 heterocycles. The maximum absolute atomic E-state index is 14.1. The highest BCUT2D eigenvalue weighted by molar-refractivity contribution is 5.42. The van der Waals surface area contributed by atoms with Crippen molar-refractivity contribution in [2.45, 2.75) is 40.3 Å². The Kier molecular flexibility index (Phi) is 5.28. The minimum absolute atomic E-state index is 0.0170. The molecule has 2 N–H and O–H groups in total. The lowest BCUT2D eigenvalue weighted by molar-refractivity contribution is 0.466. The Morgan fingerprint density at radius 3 is 2.41 bits per heavy atom. The molecule has 2 aromatic carbocycles. The molecule has 0 saturated carbocycles. The normalized spacial score (nSPS) is 12.4. The first-order chi connectivity index (χ1) is 12.8. The van der Waals surface area contributed by atoms with Crippen molar-refractivity contribution >= 4 is 0 Å². The van der Waals surface area contributed by atoms with Gasteiger partial charge in [0.1, 0.15) is 17.3 Å². The summed E-state index contributed by atoms with van der Waals surface area (Å²) in [5, 5.41) is 17.6. The van der Waals surface area contributed by atoms with Gasteiger partial charge in [0.25, 0.3) is 0 Å². The molecular formula is C21H23F2N3O. The minimum atomic E-state index is -0.650. The second-order valence-electron chi connectivity index (χ2n) is 6.87. The fourth-order valence-electron chi connectivity index (χ4n) is 3.27. The van der Waals surface area contributed by atoms with E-state index in [1.807, 2.05) is 39.8 Å². The van der Waals surface area contributed by atoms with Gasteiger partial charge in [-0.2, -0.15) is 5.10 Å². The van der Waals surface area contributed by atoms with Crippen LogP contribution in [0.4, 0.5) is 8.78 Å². The minimum Gasteiger partial charge on any atom is -0.507 e. The van der Waals surface area contributed by atoms with Crippen molar-refractivity contribution < 1.29 is 13.9 Å². The zero-order chi connectivity index (χ0) is 19.7. The van der Waals surface area contributed by atoms with Gasteiger partial charge in [0, 0.05) is 29.9 Å². The molecule has 1 aromatic heterocycles. The van der Waals surface area contributed by atoms with Crippen molar-refractivity contribution in [3.8, 4) is 11.4 Å². The molecule has 6 heteroatoms. The molecule has 1 unspecified atom stereocenters. The topological polar surface area (TPSA) is 50.1 Å². The second-order valence-corrected chi connectivity index (χ2v) is 6.87. The monoisotopic (exact) mass is 371 g/mol. The van der Waals surface area contributed by atoms with E-state index in [1.165, 1.54) is 16.8 Å². The first kappa shape index (κ1) is 19.0. The van der Waals surface area contributed by atoms with Crippen LogP contribution >= 0.6 is 0 Å². The Hall–Kier alpha value is -2.73. The number of aromatic hydroxyl groups is 1. The van der Waals surface area contributed by atoms with E-state index in [1.54, 1.807) is 6.20 Å². The fraction of sp³-hybridized carbons (Fsp3) is 0.286. The molecule has 0 aliphatic heterocycles. The van der Waals surface area contributed by atoms with Crippen LogP contribution in [0, 0.1) is 32.4 Å². The SMILES string of the molecule is Cc1cc(CNC(C)c2cnn(-c3ccc(F)cc3F)c2C)cc(C)c1O. The molecule has 27 heavy (non-hydrogen) atoms. The van der Waals surface area contributed by atoms with E-state index in [0.29, 0.717) is 12.3 Å². The summed E-state index contributed by atoms with van der Waals surface area (Å²) in [6, 6.07) is 7.34. The Morgan fingerprint density at radius 1 is 1.11 bits per heavy atom. The number of aromatic nitrogens is 2. The first-order valence-corrected chi connectivity index (χ1v) is 8.80. The van der Waals surface area contributed by atoms with Crippen LogP contribution in [0.15, 0.2) is 36.5 Å². The molecule has 0 spiro atoms. The number of rotatable bonds is 5. The lowest BCUT2D eigenvalue weighted by atomic mass is 10.0. The standard InChI is InChI=1S/C21H23F2N3O/c1-12-7-16(8-13(2)21(12)27)10-24-14(3)18-11-25-26(15(18)4)20-6-5-17(22)9-19(20)23/h5-9,11,14,24,27H,10H2,1-4H3. The highest BCUT2D eigenvalue weighted by Gasteiger charge is 2.16. The second kappa shape index (κ2) is 7.48. The molecule has 0 saturated heterocycles. The van der Waals surface area contributed by atoms with Crippen LogP contribution in [-0.2, 0) is 6.54 Å². The Bertz CT molecular complexity index is 959. The molecule has 4 nitrogen and oxygen atoms in total. The maximum atomic E-state index is 14.1. The van der Waals surface area contributed by atoms with Gasteiger partial charge in [-0.05, 0) is 56.5 Å².